The fraction of sp³-hybridized carbons (Fsp3) is 0.606. The Balaban J connectivity index is 1.32. The van der Waals surface area contributed by atoms with Crippen LogP contribution in [0.3, 0.4) is 0 Å². The van der Waals surface area contributed by atoms with Gasteiger partial charge in [-0.25, -0.2) is 0 Å². The molecule has 2 bridgehead atoms. The standard InChI is InChI=1S/C33H45N3O2S/c1-21-17-22(2)19-24(18-21)28-25(9-12-35-15-10-33(5,38-6)11-16-35)26-20-27(39-31(26)34-28)32(3,4)30(37)29-23-7-13-36(29)14-8-23/h17-20,23,29,34H,7-16H2,1-6H3. The zero-order valence-electron chi connectivity index (χ0n) is 24.7. The molecule has 5 heterocycles. The largest absolute Gasteiger partial charge is 0.378 e. The number of aryl methyl sites for hydroxylation is 2. The minimum absolute atomic E-state index is 0.0118. The third-order valence-corrected chi connectivity index (χ3v) is 11.5. The number of ketones is 1. The van der Waals surface area contributed by atoms with Gasteiger partial charge in [-0.15, -0.1) is 11.3 Å². The number of nitrogens with one attached hydrogen (secondary N) is 1. The van der Waals surface area contributed by atoms with Crippen molar-refractivity contribution in [2.24, 2.45) is 5.92 Å². The van der Waals surface area contributed by atoms with E-state index in [1.165, 1.54) is 55.9 Å². The van der Waals surface area contributed by atoms with E-state index in [0.29, 0.717) is 11.7 Å². The number of thiophene rings is 1. The first-order chi connectivity index (χ1) is 18.6. The number of piperidine rings is 2. The number of hydrogen-bond donors (Lipinski definition) is 1. The van der Waals surface area contributed by atoms with Gasteiger partial charge in [-0.3, -0.25) is 9.69 Å². The minimum atomic E-state index is -0.477. The third-order valence-electron chi connectivity index (χ3n) is 10.1. The predicted molar refractivity (Wildman–Crippen MR) is 162 cm³/mol. The Bertz CT molecular complexity index is 1340. The summed E-state index contributed by atoms with van der Waals surface area (Å²) in [6.45, 7) is 16.3. The minimum Gasteiger partial charge on any atom is -0.378 e. The van der Waals surface area contributed by atoms with E-state index in [9.17, 15) is 4.79 Å². The highest BCUT2D eigenvalue weighted by Crippen LogP contribution is 2.44. The monoisotopic (exact) mass is 547 g/mol. The van der Waals surface area contributed by atoms with Crippen molar-refractivity contribution in [3.8, 4) is 11.3 Å². The normalized spacial score (nSPS) is 25.1. The van der Waals surface area contributed by atoms with Crippen LogP contribution >= 0.6 is 11.3 Å². The fourth-order valence-corrected chi connectivity index (χ4v) is 8.57. The molecule has 0 spiro atoms. The van der Waals surface area contributed by atoms with Crippen molar-refractivity contribution in [2.75, 3.05) is 39.8 Å². The van der Waals surface area contributed by atoms with Crippen LogP contribution in [-0.2, 0) is 21.4 Å². The van der Waals surface area contributed by atoms with E-state index < -0.39 is 5.41 Å². The molecule has 2 aromatic heterocycles. The van der Waals surface area contributed by atoms with Crippen molar-refractivity contribution in [1.29, 1.82) is 0 Å². The maximum atomic E-state index is 13.9. The highest BCUT2D eigenvalue weighted by molar-refractivity contribution is 7.19. The molecule has 1 unspecified atom stereocenters. The van der Waals surface area contributed by atoms with Crippen molar-refractivity contribution >= 4 is 27.3 Å². The molecule has 0 radical (unpaired) electrons. The number of carbonyl (C=O) groups excluding carboxylic acids is 1. The molecular formula is C33H45N3O2S. The highest BCUT2D eigenvalue weighted by Gasteiger charge is 2.49. The van der Waals surface area contributed by atoms with Crippen LogP contribution in [0.2, 0.25) is 0 Å². The first kappa shape index (κ1) is 27.2. The molecule has 3 fully saturated rings. The molecule has 0 aliphatic carbocycles. The number of H-pyrrole nitrogens is 1. The quantitative estimate of drug-likeness (QED) is 0.350. The Morgan fingerprint density at radius 3 is 2.33 bits per heavy atom. The number of hydrogen-bond acceptors (Lipinski definition) is 5. The molecule has 0 saturated carbocycles. The number of Topliss-reactive ketones (excluding diaryl/α,β-unsaturated/α-hetero) is 1. The summed E-state index contributed by atoms with van der Waals surface area (Å²) < 4.78 is 5.78. The number of aromatic amines is 1. The number of fused-ring (bicyclic) bond motifs is 3. The van der Waals surface area contributed by atoms with Gasteiger partial charge < -0.3 is 14.6 Å². The highest BCUT2D eigenvalue weighted by atomic mass is 32.1. The third kappa shape index (κ3) is 4.92. The number of rotatable bonds is 8. The average Bonchev–Trinajstić information content (AvgIpc) is 3.68. The van der Waals surface area contributed by atoms with Gasteiger partial charge in [0.1, 0.15) is 4.83 Å². The van der Waals surface area contributed by atoms with Crippen molar-refractivity contribution < 1.29 is 9.53 Å². The summed E-state index contributed by atoms with van der Waals surface area (Å²) in [4.78, 5) is 25.2. The zero-order chi connectivity index (χ0) is 27.5. The number of carbonyl (C=O) groups is 1. The van der Waals surface area contributed by atoms with Crippen LogP contribution < -0.4 is 0 Å². The van der Waals surface area contributed by atoms with Gasteiger partial charge in [-0.2, -0.15) is 0 Å². The van der Waals surface area contributed by atoms with Crippen LogP contribution in [0.4, 0.5) is 0 Å². The van der Waals surface area contributed by atoms with Crippen molar-refractivity contribution in [1.82, 2.24) is 14.8 Å². The van der Waals surface area contributed by atoms with Crippen LogP contribution in [0.15, 0.2) is 24.3 Å². The van der Waals surface area contributed by atoms with E-state index in [1.54, 1.807) is 11.3 Å². The maximum Gasteiger partial charge on any atom is 0.160 e. The molecule has 0 amide bonds. The maximum absolute atomic E-state index is 13.9. The summed E-state index contributed by atoms with van der Waals surface area (Å²) in [7, 11) is 1.84. The number of likely N-dealkylation sites (tertiary alicyclic amines) is 1. The number of nitrogens with zero attached hydrogens (tertiary/aromatic N) is 2. The molecule has 1 atom stereocenters. The van der Waals surface area contributed by atoms with E-state index in [1.807, 2.05) is 7.11 Å². The first-order valence-electron chi connectivity index (χ1n) is 14.9. The van der Waals surface area contributed by atoms with E-state index >= 15 is 0 Å². The second-order valence-corrected chi connectivity index (χ2v) is 14.3. The topological polar surface area (TPSA) is 48.6 Å². The number of aromatic nitrogens is 1. The molecular weight excluding hydrogens is 502 g/mol. The fourth-order valence-electron chi connectivity index (χ4n) is 7.37. The van der Waals surface area contributed by atoms with Gasteiger partial charge in [-0.1, -0.05) is 17.2 Å². The van der Waals surface area contributed by atoms with E-state index in [-0.39, 0.29) is 11.6 Å². The molecule has 5 nitrogen and oxygen atoms in total. The lowest BCUT2D eigenvalue weighted by molar-refractivity contribution is -0.127. The summed E-state index contributed by atoms with van der Waals surface area (Å²) in [5, 5.41) is 1.30. The summed E-state index contributed by atoms with van der Waals surface area (Å²) in [6, 6.07) is 9.31. The molecule has 6 heteroatoms. The van der Waals surface area contributed by atoms with Crippen molar-refractivity contribution in [3.63, 3.8) is 0 Å². The molecule has 210 valence electrons. The van der Waals surface area contributed by atoms with Gasteiger partial charge in [0, 0.05) is 37.0 Å². The SMILES string of the molecule is COC1(C)CCN(CCc2c(-c3cc(C)cc(C)c3)[nH]c3sc(C(C)(C)C(=O)C4C5CCN4CC5)cc23)CC1. The van der Waals surface area contributed by atoms with Crippen molar-refractivity contribution in [3.05, 3.63) is 45.8 Å². The second kappa shape index (κ2) is 10.1. The van der Waals surface area contributed by atoms with Crippen LogP contribution in [-0.4, -0.2) is 72.0 Å². The van der Waals surface area contributed by atoms with Crippen molar-refractivity contribution in [2.45, 2.75) is 83.8 Å². The second-order valence-electron chi connectivity index (χ2n) is 13.3. The van der Waals surface area contributed by atoms with Gasteiger partial charge >= 0.3 is 0 Å². The van der Waals surface area contributed by atoms with E-state index in [2.05, 4.69) is 73.7 Å². The van der Waals surface area contributed by atoms with Crippen LogP contribution in [0, 0.1) is 19.8 Å². The Morgan fingerprint density at radius 2 is 1.74 bits per heavy atom. The van der Waals surface area contributed by atoms with Gasteiger partial charge in [0.25, 0.3) is 0 Å². The van der Waals surface area contributed by atoms with Gasteiger partial charge in [0.2, 0.25) is 0 Å². The number of ether oxygens (including phenoxy) is 1. The van der Waals surface area contributed by atoms with Gasteiger partial charge in [0.15, 0.2) is 5.78 Å². The molecule has 6 rings (SSSR count). The summed E-state index contributed by atoms with van der Waals surface area (Å²) >= 11 is 1.79. The Labute approximate surface area is 237 Å². The molecule has 1 N–H and O–H groups in total. The molecule has 3 aliphatic heterocycles. The molecule has 3 aliphatic rings. The van der Waals surface area contributed by atoms with Gasteiger partial charge in [-0.05, 0) is 115 Å². The molecule has 3 saturated heterocycles. The predicted octanol–water partition coefficient (Wildman–Crippen LogP) is 6.50. The molecule has 3 aromatic rings. The number of benzene rings is 1. The van der Waals surface area contributed by atoms with Crippen LogP contribution in [0.1, 0.15) is 68.0 Å². The van der Waals surface area contributed by atoms with E-state index in [0.717, 1.165) is 52.0 Å². The lowest BCUT2D eigenvalue weighted by Gasteiger charge is -2.38. The number of methoxy groups -OCH3 is 1. The summed E-state index contributed by atoms with van der Waals surface area (Å²) in [5.41, 5.74) is 6.02. The lowest BCUT2D eigenvalue weighted by Crippen LogP contribution is -2.44. The van der Waals surface area contributed by atoms with Crippen LogP contribution in [0.5, 0.6) is 0 Å². The molecule has 1 aromatic carbocycles. The first-order valence-corrected chi connectivity index (χ1v) is 15.7. The lowest BCUT2D eigenvalue weighted by atomic mass is 9.79. The summed E-state index contributed by atoms with van der Waals surface area (Å²) in [6.07, 6.45) is 5.51. The van der Waals surface area contributed by atoms with Gasteiger partial charge in [0.05, 0.1) is 22.8 Å². The Kier molecular flexibility index (Phi) is 7.06. The molecule has 39 heavy (non-hydrogen) atoms. The Hall–Kier alpha value is -1.99. The smallest absolute Gasteiger partial charge is 0.160 e. The summed E-state index contributed by atoms with van der Waals surface area (Å²) in [5.74, 6) is 0.967. The van der Waals surface area contributed by atoms with E-state index in [4.69, 9.17) is 4.74 Å². The Morgan fingerprint density at radius 1 is 1.08 bits per heavy atom. The zero-order valence-corrected chi connectivity index (χ0v) is 25.5. The van der Waals surface area contributed by atoms with Crippen LogP contribution in [0.25, 0.3) is 21.5 Å². The average molecular weight is 548 g/mol.